The smallest absolute Gasteiger partial charge is 0.150 e. The van der Waals surface area contributed by atoms with Crippen molar-refractivity contribution in [2.24, 2.45) is 5.92 Å². The molecule has 0 spiro atoms. The fourth-order valence-electron chi connectivity index (χ4n) is 4.70. The number of allylic oxidation sites excluding steroid dienone is 1. The molecule has 1 N–H and O–H groups in total. The van der Waals surface area contributed by atoms with Crippen LogP contribution in [0.3, 0.4) is 0 Å². The summed E-state index contributed by atoms with van der Waals surface area (Å²) in [5.41, 5.74) is 4.18. The van der Waals surface area contributed by atoms with Gasteiger partial charge in [0.05, 0.1) is 11.7 Å². The molecule has 4 nitrogen and oxygen atoms in total. The molecule has 0 amide bonds. The molecule has 1 fully saturated rings. The van der Waals surface area contributed by atoms with Gasteiger partial charge in [-0.15, -0.1) is 0 Å². The highest BCUT2D eigenvalue weighted by Crippen LogP contribution is 2.47. The fraction of sp³-hybridized carbons (Fsp3) is 0.286. The number of likely N-dealkylation sites (tertiary alicyclic amines) is 1. The molecule has 5 rings (SSSR count). The van der Waals surface area contributed by atoms with Gasteiger partial charge in [0.2, 0.25) is 0 Å². The Hall–Kier alpha value is -3.09. The maximum atomic E-state index is 13.9. The van der Waals surface area contributed by atoms with Gasteiger partial charge in [0, 0.05) is 36.7 Å². The Bertz CT molecular complexity index is 1260. The Balaban J connectivity index is 1.40. The van der Waals surface area contributed by atoms with Crippen LogP contribution in [0.25, 0.3) is 11.1 Å². The summed E-state index contributed by atoms with van der Waals surface area (Å²) >= 11 is 6.11. The number of hydrogen-bond donors (Lipinski definition) is 1. The Morgan fingerprint density at radius 2 is 1.86 bits per heavy atom. The average molecular weight is 498 g/mol. The van der Waals surface area contributed by atoms with E-state index < -0.39 is 11.9 Å². The van der Waals surface area contributed by atoms with Crippen molar-refractivity contribution in [1.82, 2.24) is 4.90 Å². The fourth-order valence-corrected chi connectivity index (χ4v) is 4.88. The summed E-state index contributed by atoms with van der Waals surface area (Å²) in [5, 5.41) is 10.1. The maximum absolute atomic E-state index is 13.9. The molecule has 35 heavy (non-hydrogen) atoms. The van der Waals surface area contributed by atoms with Gasteiger partial charge in [-0.3, -0.25) is 9.29 Å². The quantitative estimate of drug-likeness (QED) is 0.403. The molecule has 0 unspecified atom stereocenters. The van der Waals surface area contributed by atoms with Gasteiger partial charge in [-0.1, -0.05) is 29.8 Å². The van der Waals surface area contributed by atoms with Crippen LogP contribution in [0.5, 0.6) is 17.2 Å². The van der Waals surface area contributed by atoms with E-state index >= 15 is 0 Å². The number of rotatable bonds is 7. The van der Waals surface area contributed by atoms with Crippen molar-refractivity contribution in [2.75, 3.05) is 32.9 Å². The van der Waals surface area contributed by atoms with Crippen molar-refractivity contribution >= 4 is 22.7 Å². The number of ether oxygens (including phenoxy) is 2. The molecule has 2 aliphatic heterocycles. The molecule has 0 radical (unpaired) electrons. The number of halogens is 3. The van der Waals surface area contributed by atoms with E-state index in [-0.39, 0.29) is 23.4 Å². The third-order valence-electron chi connectivity index (χ3n) is 6.62. The normalized spacial score (nSPS) is 18.1. The molecule has 1 saturated heterocycles. The van der Waals surface area contributed by atoms with Gasteiger partial charge in [-0.2, -0.15) is 0 Å². The van der Waals surface area contributed by atoms with Gasteiger partial charge >= 0.3 is 0 Å². The zero-order valence-electron chi connectivity index (χ0n) is 19.3. The molecular formula is C28H26ClF2NO3. The monoisotopic (exact) mass is 497 g/mol. The van der Waals surface area contributed by atoms with Crippen LogP contribution in [-0.4, -0.2) is 42.9 Å². The standard InChI is InChI=1S/C28H26ClF2NO3/c1-17-23-13-21(33)5-9-26(23)35-28(27(17)20-4-8-25(31)24(29)12-20)19-2-6-22(7-3-19)34-11-10-32-15-18(14-30)16-32/h2-9,12-13,18,28,33H,10-11,14-16H2,1H3/t28-/m1/s1. The lowest BCUT2D eigenvalue weighted by atomic mass is 9.86. The van der Waals surface area contributed by atoms with Crippen molar-refractivity contribution in [3.05, 3.63) is 88.2 Å². The molecule has 0 bridgehead atoms. The molecule has 1 atom stereocenters. The summed E-state index contributed by atoms with van der Waals surface area (Å²) in [6, 6.07) is 17.3. The molecule has 182 valence electrons. The lowest BCUT2D eigenvalue weighted by Gasteiger charge is -2.37. The lowest BCUT2D eigenvalue weighted by molar-refractivity contribution is 0.0668. The van der Waals surface area contributed by atoms with Crippen LogP contribution in [0.2, 0.25) is 5.02 Å². The van der Waals surface area contributed by atoms with Crippen molar-refractivity contribution < 1.29 is 23.4 Å². The van der Waals surface area contributed by atoms with Gasteiger partial charge in [0.1, 0.15) is 35.8 Å². The summed E-state index contributed by atoms with van der Waals surface area (Å²) in [6.07, 6.45) is -0.457. The number of fused-ring (bicyclic) bond motifs is 1. The number of phenolic OH excluding ortho intramolecular Hbond substituents is 1. The van der Waals surface area contributed by atoms with Crippen molar-refractivity contribution in [1.29, 1.82) is 0 Å². The Morgan fingerprint density at radius 1 is 1.09 bits per heavy atom. The Morgan fingerprint density at radius 3 is 2.57 bits per heavy atom. The number of nitrogens with zero attached hydrogens (tertiary/aromatic N) is 1. The van der Waals surface area contributed by atoms with E-state index in [1.165, 1.54) is 6.07 Å². The molecule has 7 heteroatoms. The van der Waals surface area contributed by atoms with Gasteiger partial charge in [0.25, 0.3) is 0 Å². The molecule has 3 aromatic rings. The Kier molecular flexibility index (Phi) is 6.67. The second kappa shape index (κ2) is 9.88. The zero-order valence-corrected chi connectivity index (χ0v) is 20.1. The van der Waals surface area contributed by atoms with Crippen LogP contribution in [0.1, 0.15) is 29.7 Å². The molecule has 3 aromatic carbocycles. The third-order valence-corrected chi connectivity index (χ3v) is 6.91. The minimum Gasteiger partial charge on any atom is -0.508 e. The number of phenols is 1. The lowest BCUT2D eigenvalue weighted by Crippen LogP contribution is -2.49. The summed E-state index contributed by atoms with van der Waals surface area (Å²) in [6.45, 7) is 4.59. The minimum absolute atomic E-state index is 0.0343. The van der Waals surface area contributed by atoms with Gasteiger partial charge in [-0.25, -0.2) is 4.39 Å². The summed E-state index contributed by atoms with van der Waals surface area (Å²) < 4.78 is 38.7. The van der Waals surface area contributed by atoms with E-state index in [2.05, 4.69) is 4.90 Å². The van der Waals surface area contributed by atoms with Gasteiger partial charge in [0.15, 0.2) is 0 Å². The van der Waals surface area contributed by atoms with Crippen LogP contribution in [-0.2, 0) is 0 Å². The van der Waals surface area contributed by atoms with Gasteiger partial charge < -0.3 is 14.6 Å². The van der Waals surface area contributed by atoms with E-state index in [1.807, 2.05) is 31.2 Å². The third kappa shape index (κ3) is 4.86. The van der Waals surface area contributed by atoms with Crippen LogP contribution in [0.4, 0.5) is 8.78 Å². The first kappa shape index (κ1) is 23.6. The number of hydrogen-bond acceptors (Lipinski definition) is 4. The largest absolute Gasteiger partial charge is 0.508 e. The van der Waals surface area contributed by atoms with Crippen LogP contribution in [0, 0.1) is 11.7 Å². The summed E-state index contributed by atoms with van der Waals surface area (Å²) in [7, 11) is 0. The van der Waals surface area contributed by atoms with Crippen molar-refractivity contribution in [3.8, 4) is 17.2 Å². The first-order valence-electron chi connectivity index (χ1n) is 11.6. The van der Waals surface area contributed by atoms with E-state index in [9.17, 15) is 13.9 Å². The summed E-state index contributed by atoms with van der Waals surface area (Å²) in [5.74, 6) is 1.22. The van der Waals surface area contributed by atoms with Crippen molar-refractivity contribution in [3.63, 3.8) is 0 Å². The average Bonchev–Trinajstić information content (AvgIpc) is 2.83. The molecule has 0 aromatic heterocycles. The van der Waals surface area contributed by atoms with E-state index in [0.29, 0.717) is 12.4 Å². The second-order valence-electron chi connectivity index (χ2n) is 9.04. The number of aromatic hydroxyl groups is 1. The van der Waals surface area contributed by atoms with Crippen molar-refractivity contribution in [2.45, 2.75) is 13.0 Å². The molecular weight excluding hydrogens is 472 g/mol. The van der Waals surface area contributed by atoms with E-state index in [0.717, 1.165) is 53.2 Å². The van der Waals surface area contributed by atoms with Gasteiger partial charge in [-0.05, 0) is 66.1 Å². The predicted molar refractivity (Wildman–Crippen MR) is 133 cm³/mol. The van der Waals surface area contributed by atoms with Crippen LogP contribution < -0.4 is 9.47 Å². The van der Waals surface area contributed by atoms with Crippen LogP contribution >= 0.6 is 11.6 Å². The molecule has 0 aliphatic carbocycles. The van der Waals surface area contributed by atoms with E-state index in [1.54, 1.807) is 30.3 Å². The molecule has 2 heterocycles. The highest BCUT2D eigenvalue weighted by Gasteiger charge is 2.30. The van der Waals surface area contributed by atoms with Crippen LogP contribution in [0.15, 0.2) is 60.7 Å². The highest BCUT2D eigenvalue weighted by atomic mass is 35.5. The minimum atomic E-state index is -0.486. The first-order valence-corrected chi connectivity index (χ1v) is 12.0. The topological polar surface area (TPSA) is 41.9 Å². The van der Waals surface area contributed by atoms with E-state index in [4.69, 9.17) is 21.1 Å². The Labute approximate surface area is 208 Å². The number of benzene rings is 3. The zero-order chi connectivity index (χ0) is 24.5. The molecule has 2 aliphatic rings. The maximum Gasteiger partial charge on any atom is 0.150 e. The SMILES string of the molecule is CC1=C(c2ccc(F)c(Cl)c2)[C@@H](c2ccc(OCCN3CC(CF)C3)cc2)Oc2ccc(O)cc21. The summed E-state index contributed by atoms with van der Waals surface area (Å²) in [4.78, 5) is 2.18. The molecule has 0 saturated carbocycles. The highest BCUT2D eigenvalue weighted by molar-refractivity contribution is 6.31. The second-order valence-corrected chi connectivity index (χ2v) is 9.45. The number of alkyl halides is 1. The first-order chi connectivity index (χ1) is 16.9. The predicted octanol–water partition coefficient (Wildman–Crippen LogP) is 6.53.